The predicted octanol–water partition coefficient (Wildman–Crippen LogP) is 4.94. The summed E-state index contributed by atoms with van der Waals surface area (Å²) < 4.78 is 10.9. The van der Waals surface area contributed by atoms with Crippen molar-refractivity contribution in [3.8, 4) is 11.5 Å². The summed E-state index contributed by atoms with van der Waals surface area (Å²) >= 11 is 8.01. The number of halogens is 1. The van der Waals surface area contributed by atoms with Crippen molar-refractivity contribution in [1.82, 2.24) is 9.88 Å². The molecule has 1 saturated carbocycles. The van der Waals surface area contributed by atoms with Crippen LogP contribution in [0.15, 0.2) is 48.7 Å². The summed E-state index contributed by atoms with van der Waals surface area (Å²) in [5.74, 6) is 1.37. The summed E-state index contributed by atoms with van der Waals surface area (Å²) in [6.45, 7) is 1.83. The molecule has 36 heavy (non-hydrogen) atoms. The molecule has 9 heteroatoms. The van der Waals surface area contributed by atoms with Gasteiger partial charge in [-0.05, 0) is 61.4 Å². The molecule has 1 aromatic heterocycles. The smallest absolute Gasteiger partial charge is 0.236 e. The number of thiazole rings is 1. The van der Waals surface area contributed by atoms with Gasteiger partial charge >= 0.3 is 0 Å². The minimum atomic E-state index is -0.549. The number of nitrogens with zero attached hydrogens (tertiary/aromatic N) is 2. The first-order valence-electron chi connectivity index (χ1n) is 12.3. The molecule has 1 amide bonds. The third kappa shape index (κ3) is 4.59. The van der Waals surface area contributed by atoms with Crippen molar-refractivity contribution in [1.29, 1.82) is 0 Å². The van der Waals surface area contributed by atoms with Crippen LogP contribution >= 0.6 is 22.9 Å². The van der Waals surface area contributed by atoms with Gasteiger partial charge in [0.15, 0.2) is 16.6 Å². The van der Waals surface area contributed by atoms with Crippen LogP contribution in [0.1, 0.15) is 47.7 Å². The number of benzene rings is 2. The normalized spacial score (nSPS) is 19.7. The van der Waals surface area contributed by atoms with Crippen LogP contribution in [-0.2, 0) is 16.6 Å². The van der Waals surface area contributed by atoms with Gasteiger partial charge in [0.05, 0.1) is 11.5 Å². The van der Waals surface area contributed by atoms with Crippen LogP contribution in [0, 0.1) is 0 Å². The fourth-order valence-corrected chi connectivity index (χ4v) is 6.32. The molecule has 7 nitrogen and oxygen atoms in total. The van der Waals surface area contributed by atoms with E-state index in [9.17, 15) is 9.90 Å². The van der Waals surface area contributed by atoms with E-state index in [1.807, 2.05) is 42.6 Å². The van der Waals surface area contributed by atoms with Gasteiger partial charge in [-0.1, -0.05) is 35.9 Å². The predicted molar refractivity (Wildman–Crippen MR) is 139 cm³/mol. The lowest BCUT2D eigenvalue weighted by Crippen LogP contribution is -2.39. The Morgan fingerprint density at radius 1 is 1.19 bits per heavy atom. The number of fused-ring (bicyclic) bond motifs is 1. The topological polar surface area (TPSA) is 83.9 Å². The fourth-order valence-electron chi connectivity index (χ4n) is 5.16. The van der Waals surface area contributed by atoms with Crippen molar-refractivity contribution in [3.05, 3.63) is 69.7 Å². The van der Waals surface area contributed by atoms with E-state index in [1.165, 1.54) is 11.3 Å². The van der Waals surface area contributed by atoms with Crippen molar-refractivity contribution in [2.75, 3.05) is 25.2 Å². The fraction of sp³-hybridized carbons (Fsp3) is 0.407. The molecule has 2 aromatic carbocycles. The maximum absolute atomic E-state index is 13.4. The highest BCUT2D eigenvalue weighted by molar-refractivity contribution is 7.15. The summed E-state index contributed by atoms with van der Waals surface area (Å²) in [4.78, 5) is 21.4. The van der Waals surface area contributed by atoms with E-state index in [0.717, 1.165) is 66.2 Å². The maximum Gasteiger partial charge on any atom is 0.236 e. The number of carbonyl (C=O) groups excluding carboxylic acids is 1. The van der Waals surface area contributed by atoms with Crippen LogP contribution in [0.5, 0.6) is 11.5 Å². The molecule has 2 N–H and O–H groups in total. The van der Waals surface area contributed by atoms with Gasteiger partial charge in [0, 0.05) is 35.2 Å². The Balaban J connectivity index is 1.21. The van der Waals surface area contributed by atoms with Crippen molar-refractivity contribution >= 4 is 34.0 Å². The molecule has 0 spiro atoms. The average Bonchev–Trinajstić information content (AvgIpc) is 3.34. The van der Waals surface area contributed by atoms with E-state index >= 15 is 0 Å². The molecule has 1 unspecified atom stereocenters. The van der Waals surface area contributed by atoms with Gasteiger partial charge in [-0.3, -0.25) is 9.69 Å². The Bertz CT molecular complexity index is 1270. The highest BCUT2D eigenvalue weighted by Crippen LogP contribution is 2.51. The second-order valence-corrected chi connectivity index (χ2v) is 11.2. The number of anilines is 1. The monoisotopic (exact) mass is 525 g/mol. The van der Waals surface area contributed by atoms with Crippen LogP contribution in [-0.4, -0.2) is 46.9 Å². The lowest BCUT2D eigenvalue weighted by atomic mass is 9.94. The number of carbonyl (C=O) groups is 1. The summed E-state index contributed by atoms with van der Waals surface area (Å²) in [7, 11) is 0. The molecule has 2 aliphatic heterocycles. The Morgan fingerprint density at radius 3 is 2.75 bits per heavy atom. The molecule has 1 atom stereocenters. The number of aliphatic hydroxyl groups excluding tert-OH is 1. The van der Waals surface area contributed by atoms with E-state index in [-0.39, 0.29) is 24.8 Å². The van der Waals surface area contributed by atoms with E-state index in [0.29, 0.717) is 16.6 Å². The van der Waals surface area contributed by atoms with Gasteiger partial charge in [-0.15, -0.1) is 11.3 Å². The lowest BCUT2D eigenvalue weighted by molar-refractivity contribution is -0.118. The first kappa shape index (κ1) is 23.7. The van der Waals surface area contributed by atoms with E-state index in [2.05, 4.69) is 21.3 Å². The molecule has 6 rings (SSSR count). The summed E-state index contributed by atoms with van der Waals surface area (Å²) in [5, 5.41) is 14.5. The van der Waals surface area contributed by atoms with Crippen molar-refractivity contribution in [2.24, 2.45) is 0 Å². The van der Waals surface area contributed by atoms with Crippen LogP contribution in [0.3, 0.4) is 0 Å². The molecule has 3 aliphatic rings. The number of amides is 1. The SMILES string of the molecule is O=C(Nc1ncc(C(Cc2ccccc2Cl)N2CCC(O)CC2)s1)C1(c2ccc3c(c2)OCO3)CC1. The van der Waals surface area contributed by atoms with Crippen LogP contribution in [0.4, 0.5) is 5.13 Å². The molecule has 0 bridgehead atoms. The minimum absolute atomic E-state index is 0.0361. The first-order chi connectivity index (χ1) is 17.5. The Morgan fingerprint density at radius 2 is 1.97 bits per heavy atom. The van der Waals surface area contributed by atoms with Gasteiger partial charge in [-0.25, -0.2) is 4.98 Å². The van der Waals surface area contributed by atoms with Gasteiger partial charge in [0.2, 0.25) is 12.7 Å². The molecule has 3 heterocycles. The molecular formula is C27H28ClN3O4S. The molecular weight excluding hydrogens is 498 g/mol. The van der Waals surface area contributed by atoms with Gasteiger partial charge in [0.25, 0.3) is 0 Å². The molecule has 1 aliphatic carbocycles. The third-order valence-electron chi connectivity index (χ3n) is 7.49. The molecule has 2 fully saturated rings. The third-order valence-corrected chi connectivity index (χ3v) is 8.88. The van der Waals surface area contributed by atoms with Gasteiger partial charge in [0.1, 0.15) is 0 Å². The Hall–Kier alpha value is -2.65. The minimum Gasteiger partial charge on any atom is -0.454 e. The van der Waals surface area contributed by atoms with E-state index in [1.54, 1.807) is 0 Å². The molecule has 1 saturated heterocycles. The van der Waals surface area contributed by atoms with Crippen molar-refractivity contribution in [2.45, 2.75) is 49.7 Å². The largest absolute Gasteiger partial charge is 0.454 e. The van der Waals surface area contributed by atoms with Crippen LogP contribution in [0.2, 0.25) is 5.02 Å². The summed E-state index contributed by atoms with van der Waals surface area (Å²) in [5.41, 5.74) is 1.48. The highest BCUT2D eigenvalue weighted by Gasteiger charge is 2.52. The highest BCUT2D eigenvalue weighted by atomic mass is 35.5. The lowest BCUT2D eigenvalue weighted by Gasteiger charge is -2.36. The summed E-state index contributed by atoms with van der Waals surface area (Å²) in [6.07, 6.45) is 5.45. The van der Waals surface area contributed by atoms with Gasteiger partial charge < -0.3 is 19.9 Å². The first-order valence-corrected chi connectivity index (χ1v) is 13.5. The maximum atomic E-state index is 13.4. The number of hydrogen-bond donors (Lipinski definition) is 2. The second kappa shape index (κ2) is 9.67. The van der Waals surface area contributed by atoms with Crippen molar-refractivity contribution in [3.63, 3.8) is 0 Å². The number of hydrogen-bond acceptors (Lipinski definition) is 7. The standard InChI is InChI=1S/C27H28ClN3O4S/c28-20-4-2-1-3-17(20)13-21(31-11-7-19(32)8-12-31)24-15-29-26(36-24)30-25(33)27(9-10-27)18-5-6-22-23(14-18)35-16-34-22/h1-6,14-15,19,21,32H,7-13,16H2,(H,29,30,33). The quantitative estimate of drug-likeness (QED) is 0.455. The molecule has 0 radical (unpaired) electrons. The van der Waals surface area contributed by atoms with Crippen LogP contribution in [0.25, 0.3) is 0 Å². The number of piperidine rings is 1. The van der Waals surface area contributed by atoms with E-state index < -0.39 is 5.41 Å². The Labute approximate surface area is 219 Å². The van der Waals surface area contributed by atoms with Crippen LogP contribution < -0.4 is 14.8 Å². The second-order valence-electron chi connectivity index (χ2n) is 9.75. The number of aliphatic hydroxyl groups is 1. The zero-order valence-corrected chi connectivity index (χ0v) is 21.4. The number of likely N-dealkylation sites (tertiary alicyclic amines) is 1. The number of rotatable bonds is 7. The number of aromatic nitrogens is 1. The zero-order chi connectivity index (χ0) is 24.7. The van der Waals surface area contributed by atoms with Crippen molar-refractivity contribution < 1.29 is 19.4 Å². The zero-order valence-electron chi connectivity index (χ0n) is 19.8. The molecule has 3 aromatic rings. The van der Waals surface area contributed by atoms with Gasteiger partial charge in [-0.2, -0.15) is 0 Å². The summed E-state index contributed by atoms with van der Waals surface area (Å²) in [6, 6.07) is 13.7. The molecule has 188 valence electrons. The Kier molecular flexibility index (Phi) is 6.37. The number of nitrogens with one attached hydrogen (secondary N) is 1. The van der Waals surface area contributed by atoms with E-state index in [4.69, 9.17) is 21.1 Å². The number of ether oxygens (including phenoxy) is 2. The average molecular weight is 526 g/mol.